The van der Waals surface area contributed by atoms with Crippen LogP contribution in [0.25, 0.3) is 0 Å². The Morgan fingerprint density at radius 1 is 1.53 bits per heavy atom. The second kappa shape index (κ2) is 4.77. The zero-order valence-electron chi connectivity index (χ0n) is 9.19. The van der Waals surface area contributed by atoms with Crippen LogP contribution in [-0.4, -0.2) is 30.0 Å². The van der Waals surface area contributed by atoms with Crippen LogP contribution >= 0.6 is 0 Å². The maximum absolute atomic E-state index is 12.5. The van der Waals surface area contributed by atoms with Crippen LogP contribution in [0.2, 0.25) is 0 Å². The van der Waals surface area contributed by atoms with Crippen molar-refractivity contribution in [1.29, 1.82) is 5.41 Å². The van der Waals surface area contributed by atoms with E-state index in [1.807, 2.05) is 0 Å². The molecule has 0 heterocycles. The number of rotatable bonds is 3. The topological polar surface area (TPSA) is 73.2 Å². The van der Waals surface area contributed by atoms with E-state index in [0.717, 1.165) is 0 Å². The lowest BCUT2D eigenvalue weighted by Crippen LogP contribution is -2.32. The smallest absolute Gasteiger partial charge is 0.392 e. The molecule has 0 saturated carbocycles. The van der Waals surface area contributed by atoms with Crippen molar-refractivity contribution < 1.29 is 23.1 Å². The Morgan fingerprint density at radius 3 is 2.53 bits per heavy atom. The van der Waals surface area contributed by atoms with Crippen molar-refractivity contribution in [2.45, 2.75) is 25.4 Å². The van der Waals surface area contributed by atoms with Crippen LogP contribution in [0.3, 0.4) is 0 Å². The van der Waals surface area contributed by atoms with E-state index in [2.05, 4.69) is 5.32 Å². The zero-order chi connectivity index (χ0) is 13.2. The number of carbonyl (C=O) groups is 1. The Labute approximate surface area is 96.0 Å². The third kappa shape index (κ3) is 2.98. The summed E-state index contributed by atoms with van der Waals surface area (Å²) in [5.74, 6) is -3.06. The molecular formula is C10H13F3N2O2. The third-order valence-corrected chi connectivity index (χ3v) is 2.84. The highest BCUT2D eigenvalue weighted by Gasteiger charge is 2.42. The van der Waals surface area contributed by atoms with Crippen molar-refractivity contribution in [3.8, 4) is 0 Å². The first-order valence-corrected chi connectivity index (χ1v) is 5.06. The van der Waals surface area contributed by atoms with Crippen LogP contribution in [0.5, 0.6) is 0 Å². The van der Waals surface area contributed by atoms with E-state index in [-0.39, 0.29) is 18.4 Å². The van der Waals surface area contributed by atoms with Gasteiger partial charge in [-0.05, 0) is 19.3 Å². The summed E-state index contributed by atoms with van der Waals surface area (Å²) < 4.78 is 37.6. The summed E-state index contributed by atoms with van der Waals surface area (Å²) in [4.78, 5) is 10.6. The Hall–Kier alpha value is -1.53. The van der Waals surface area contributed by atoms with Gasteiger partial charge in [0.2, 0.25) is 0 Å². The average Bonchev–Trinajstić information content (AvgIpc) is 2.25. The quantitative estimate of drug-likeness (QED) is 0.670. The van der Waals surface area contributed by atoms with Gasteiger partial charge in [0.05, 0.1) is 5.92 Å². The summed E-state index contributed by atoms with van der Waals surface area (Å²) in [6.45, 7) is 0. The van der Waals surface area contributed by atoms with E-state index in [1.165, 1.54) is 7.05 Å². The largest absolute Gasteiger partial charge is 0.477 e. The number of allylic oxidation sites excluding steroid dienone is 1. The third-order valence-electron chi connectivity index (χ3n) is 2.84. The highest BCUT2D eigenvalue weighted by molar-refractivity contribution is 6.41. The Bertz CT molecular complexity index is 374. The van der Waals surface area contributed by atoms with Gasteiger partial charge in [-0.15, -0.1) is 0 Å². The van der Waals surface area contributed by atoms with Gasteiger partial charge in [-0.25, -0.2) is 4.79 Å². The van der Waals surface area contributed by atoms with E-state index in [9.17, 15) is 18.0 Å². The molecular weight excluding hydrogens is 237 g/mol. The number of aliphatic carboxylic acids is 1. The lowest BCUT2D eigenvalue weighted by molar-refractivity contribution is -0.176. The van der Waals surface area contributed by atoms with Gasteiger partial charge in [-0.1, -0.05) is 0 Å². The molecule has 1 aliphatic carbocycles. The average molecular weight is 250 g/mol. The number of halogens is 3. The predicted octanol–water partition coefficient (Wildman–Crippen LogP) is 1.93. The van der Waals surface area contributed by atoms with Crippen molar-refractivity contribution in [3.05, 3.63) is 11.3 Å². The number of nitrogens with one attached hydrogen (secondary N) is 2. The molecule has 96 valence electrons. The second-order valence-corrected chi connectivity index (χ2v) is 3.87. The summed E-state index contributed by atoms with van der Waals surface area (Å²) in [5, 5.41) is 18.6. The number of alkyl halides is 3. The second-order valence-electron chi connectivity index (χ2n) is 3.87. The molecule has 0 bridgehead atoms. The van der Waals surface area contributed by atoms with Crippen molar-refractivity contribution in [1.82, 2.24) is 5.32 Å². The van der Waals surface area contributed by atoms with E-state index in [4.69, 9.17) is 10.5 Å². The summed E-state index contributed by atoms with van der Waals surface area (Å²) in [7, 11) is 1.51. The van der Waals surface area contributed by atoms with E-state index in [1.54, 1.807) is 0 Å². The van der Waals surface area contributed by atoms with Crippen LogP contribution in [0.1, 0.15) is 19.3 Å². The van der Waals surface area contributed by atoms with Gasteiger partial charge < -0.3 is 10.4 Å². The number of carboxylic acids is 1. The molecule has 0 radical (unpaired) electrons. The Kier molecular flexibility index (Phi) is 3.79. The summed E-state index contributed by atoms with van der Waals surface area (Å²) in [5.41, 5.74) is -0.394. The molecule has 1 unspecified atom stereocenters. The van der Waals surface area contributed by atoms with Gasteiger partial charge in [0.25, 0.3) is 0 Å². The van der Waals surface area contributed by atoms with E-state index < -0.39 is 30.2 Å². The van der Waals surface area contributed by atoms with Gasteiger partial charge >= 0.3 is 12.1 Å². The van der Waals surface area contributed by atoms with Gasteiger partial charge in [-0.3, -0.25) is 5.41 Å². The Morgan fingerprint density at radius 2 is 2.12 bits per heavy atom. The minimum absolute atomic E-state index is 0.0476. The molecule has 0 saturated heterocycles. The maximum atomic E-state index is 12.5. The van der Waals surface area contributed by atoms with Crippen molar-refractivity contribution in [2.75, 3.05) is 7.05 Å². The van der Waals surface area contributed by atoms with Gasteiger partial charge in [0.1, 0.15) is 5.71 Å². The number of hydrogen-bond donors (Lipinski definition) is 3. The summed E-state index contributed by atoms with van der Waals surface area (Å²) in [6, 6.07) is 0. The molecule has 0 aromatic heterocycles. The fraction of sp³-hybridized carbons (Fsp3) is 0.600. The van der Waals surface area contributed by atoms with Gasteiger partial charge in [-0.2, -0.15) is 13.2 Å². The van der Waals surface area contributed by atoms with Crippen molar-refractivity contribution in [3.63, 3.8) is 0 Å². The molecule has 0 fully saturated rings. The molecule has 1 atom stereocenters. The van der Waals surface area contributed by atoms with Crippen LogP contribution in [0, 0.1) is 11.3 Å². The zero-order valence-corrected chi connectivity index (χ0v) is 9.19. The van der Waals surface area contributed by atoms with Gasteiger partial charge in [0, 0.05) is 18.3 Å². The fourth-order valence-corrected chi connectivity index (χ4v) is 1.88. The SMILES string of the molecule is CNC1=C(C(=N)C(=O)O)CC(C(F)(F)F)CC1. The minimum atomic E-state index is -4.34. The van der Waals surface area contributed by atoms with Crippen LogP contribution in [0.15, 0.2) is 11.3 Å². The normalized spacial score (nSPS) is 21.3. The first-order valence-electron chi connectivity index (χ1n) is 5.06. The summed E-state index contributed by atoms with van der Waals surface area (Å²) in [6.07, 6.45) is -4.74. The van der Waals surface area contributed by atoms with Crippen molar-refractivity contribution >= 4 is 11.7 Å². The standard InChI is InChI=1S/C10H13F3N2O2/c1-15-7-3-2-5(10(11,12)13)4-6(7)8(14)9(16)17/h5,14-15H,2-4H2,1H3,(H,16,17). The highest BCUT2D eigenvalue weighted by Crippen LogP contribution is 2.39. The fourth-order valence-electron chi connectivity index (χ4n) is 1.88. The molecule has 0 amide bonds. The van der Waals surface area contributed by atoms with E-state index >= 15 is 0 Å². The van der Waals surface area contributed by atoms with Gasteiger partial charge in [0.15, 0.2) is 0 Å². The van der Waals surface area contributed by atoms with E-state index in [0.29, 0.717) is 5.70 Å². The Balaban J connectivity index is 3.00. The first-order chi connectivity index (χ1) is 7.77. The number of hydrogen-bond acceptors (Lipinski definition) is 3. The lowest BCUT2D eigenvalue weighted by atomic mass is 9.84. The van der Waals surface area contributed by atoms with Crippen LogP contribution in [0.4, 0.5) is 13.2 Å². The first kappa shape index (κ1) is 13.5. The molecule has 7 heteroatoms. The molecule has 1 rings (SSSR count). The molecule has 0 aromatic carbocycles. The molecule has 4 nitrogen and oxygen atoms in total. The van der Waals surface area contributed by atoms with Crippen LogP contribution in [-0.2, 0) is 4.79 Å². The van der Waals surface area contributed by atoms with Crippen LogP contribution < -0.4 is 5.32 Å². The molecule has 17 heavy (non-hydrogen) atoms. The monoisotopic (exact) mass is 250 g/mol. The number of carboxylic acid groups (broad SMARTS) is 1. The molecule has 0 spiro atoms. The van der Waals surface area contributed by atoms with Crippen molar-refractivity contribution in [2.24, 2.45) is 5.92 Å². The lowest BCUT2D eigenvalue weighted by Gasteiger charge is -2.28. The predicted molar refractivity (Wildman–Crippen MR) is 54.8 cm³/mol. The summed E-state index contributed by atoms with van der Waals surface area (Å²) >= 11 is 0. The molecule has 1 aliphatic rings. The maximum Gasteiger partial charge on any atom is 0.392 e. The molecule has 3 N–H and O–H groups in total. The molecule has 0 aliphatic heterocycles. The molecule has 0 aromatic rings. The minimum Gasteiger partial charge on any atom is -0.477 e. The highest BCUT2D eigenvalue weighted by atomic mass is 19.4.